The quantitative estimate of drug-likeness (QED) is 0.794. The molecule has 0 amide bonds. The number of rotatable bonds is 2. The van der Waals surface area contributed by atoms with Crippen molar-refractivity contribution in [3.05, 3.63) is 52.2 Å². The number of imidazole rings is 1. The van der Waals surface area contributed by atoms with E-state index in [1.54, 1.807) is 31.2 Å². The second-order valence-electron chi connectivity index (χ2n) is 3.37. The van der Waals surface area contributed by atoms with Gasteiger partial charge in [0.15, 0.2) is 0 Å². The molecule has 1 aromatic heterocycles. The molecule has 2 aromatic rings. The zero-order valence-corrected chi connectivity index (χ0v) is 8.60. The molecule has 5 heteroatoms. The van der Waals surface area contributed by atoms with Crippen molar-refractivity contribution in [3.8, 4) is 5.69 Å². The molecule has 0 aliphatic carbocycles. The fourth-order valence-electron chi connectivity index (χ4n) is 1.61. The van der Waals surface area contributed by atoms with Crippen molar-refractivity contribution >= 4 is 5.97 Å². The Morgan fingerprint density at radius 3 is 2.44 bits per heavy atom. The van der Waals surface area contributed by atoms with Crippen LogP contribution in [-0.2, 0) is 0 Å². The Bertz CT molecular complexity index is 581. The zero-order chi connectivity index (χ0) is 11.7. The molecule has 2 rings (SSSR count). The van der Waals surface area contributed by atoms with Crippen LogP contribution in [0.5, 0.6) is 0 Å². The second kappa shape index (κ2) is 3.69. The lowest BCUT2D eigenvalue weighted by molar-refractivity contribution is 0.0690. The largest absolute Gasteiger partial charge is 0.477 e. The highest BCUT2D eigenvalue weighted by Gasteiger charge is 2.16. The molecule has 5 nitrogen and oxygen atoms in total. The van der Waals surface area contributed by atoms with Crippen LogP contribution in [0.4, 0.5) is 0 Å². The van der Waals surface area contributed by atoms with Gasteiger partial charge in [-0.05, 0) is 19.1 Å². The standard InChI is InChI=1S/C11H10N2O3/c1-7-9(10(14)15)12-11(16)13(7)8-5-3-2-4-6-8/h2-6H,1H3,(H,12,16)(H,14,15). The maximum absolute atomic E-state index is 11.6. The average molecular weight is 218 g/mol. The fourth-order valence-corrected chi connectivity index (χ4v) is 1.61. The summed E-state index contributed by atoms with van der Waals surface area (Å²) in [4.78, 5) is 24.8. The first kappa shape index (κ1) is 10.2. The van der Waals surface area contributed by atoms with Gasteiger partial charge in [-0.2, -0.15) is 0 Å². The Balaban J connectivity index is 2.68. The summed E-state index contributed by atoms with van der Waals surface area (Å²) in [7, 11) is 0. The number of nitrogens with one attached hydrogen (secondary N) is 1. The topological polar surface area (TPSA) is 75.1 Å². The lowest BCUT2D eigenvalue weighted by Crippen LogP contribution is -2.15. The third-order valence-corrected chi connectivity index (χ3v) is 2.36. The third kappa shape index (κ3) is 1.52. The molecular formula is C11H10N2O3. The molecule has 0 radical (unpaired) electrons. The van der Waals surface area contributed by atoms with E-state index >= 15 is 0 Å². The van der Waals surface area contributed by atoms with Crippen LogP contribution >= 0.6 is 0 Å². The van der Waals surface area contributed by atoms with Gasteiger partial charge in [-0.3, -0.25) is 9.55 Å². The minimum absolute atomic E-state index is 0.0751. The van der Waals surface area contributed by atoms with Crippen molar-refractivity contribution in [1.82, 2.24) is 9.55 Å². The molecule has 0 atom stereocenters. The van der Waals surface area contributed by atoms with E-state index in [4.69, 9.17) is 5.11 Å². The van der Waals surface area contributed by atoms with E-state index in [1.165, 1.54) is 4.57 Å². The molecule has 82 valence electrons. The van der Waals surface area contributed by atoms with Crippen LogP contribution in [0.25, 0.3) is 5.69 Å². The number of hydrogen-bond acceptors (Lipinski definition) is 2. The third-order valence-electron chi connectivity index (χ3n) is 2.36. The van der Waals surface area contributed by atoms with Gasteiger partial charge in [0.1, 0.15) is 5.69 Å². The number of carboxylic acid groups (broad SMARTS) is 1. The van der Waals surface area contributed by atoms with E-state index in [0.29, 0.717) is 11.4 Å². The summed E-state index contributed by atoms with van der Waals surface area (Å²) in [5, 5.41) is 8.87. The molecule has 0 aliphatic heterocycles. The maximum Gasteiger partial charge on any atom is 0.354 e. The minimum atomic E-state index is -1.13. The summed E-state index contributed by atoms with van der Waals surface area (Å²) in [5.41, 5.74) is 0.521. The van der Waals surface area contributed by atoms with E-state index in [-0.39, 0.29) is 5.69 Å². The minimum Gasteiger partial charge on any atom is -0.477 e. The number of H-pyrrole nitrogens is 1. The molecule has 2 N–H and O–H groups in total. The number of hydrogen-bond donors (Lipinski definition) is 2. The van der Waals surface area contributed by atoms with Crippen LogP contribution in [0.1, 0.15) is 16.2 Å². The van der Waals surface area contributed by atoms with E-state index in [9.17, 15) is 9.59 Å². The summed E-state index contributed by atoms with van der Waals surface area (Å²) in [6.45, 7) is 1.59. The number of carbonyl (C=O) groups is 1. The fraction of sp³-hybridized carbons (Fsp3) is 0.0909. The van der Waals surface area contributed by atoms with Gasteiger partial charge in [0.2, 0.25) is 0 Å². The first-order valence-corrected chi connectivity index (χ1v) is 4.71. The van der Waals surface area contributed by atoms with E-state index in [0.717, 1.165) is 0 Å². The number of aromatic carboxylic acids is 1. The Kier molecular flexibility index (Phi) is 2.36. The highest BCUT2D eigenvalue weighted by molar-refractivity contribution is 5.86. The van der Waals surface area contributed by atoms with Gasteiger partial charge in [-0.25, -0.2) is 9.59 Å². The van der Waals surface area contributed by atoms with Gasteiger partial charge in [-0.1, -0.05) is 18.2 Å². The van der Waals surface area contributed by atoms with Gasteiger partial charge in [0, 0.05) is 0 Å². The summed E-state index contributed by atoms with van der Waals surface area (Å²) in [6, 6.07) is 8.89. The molecule has 16 heavy (non-hydrogen) atoms. The van der Waals surface area contributed by atoms with Crippen molar-refractivity contribution in [2.24, 2.45) is 0 Å². The number of para-hydroxylation sites is 1. The molecule has 1 heterocycles. The monoisotopic (exact) mass is 218 g/mol. The Morgan fingerprint density at radius 2 is 1.94 bits per heavy atom. The van der Waals surface area contributed by atoms with E-state index in [1.807, 2.05) is 6.07 Å². The van der Waals surface area contributed by atoms with Crippen molar-refractivity contribution in [1.29, 1.82) is 0 Å². The van der Waals surface area contributed by atoms with Gasteiger partial charge in [-0.15, -0.1) is 0 Å². The highest BCUT2D eigenvalue weighted by Crippen LogP contribution is 2.10. The van der Waals surface area contributed by atoms with Crippen LogP contribution in [0.3, 0.4) is 0 Å². The van der Waals surface area contributed by atoms with Crippen molar-refractivity contribution in [2.75, 3.05) is 0 Å². The molecule has 0 fully saturated rings. The normalized spacial score (nSPS) is 10.3. The van der Waals surface area contributed by atoms with Crippen LogP contribution in [0.15, 0.2) is 35.1 Å². The Hall–Kier alpha value is -2.30. The predicted octanol–water partition coefficient (Wildman–Crippen LogP) is 1.17. The lowest BCUT2D eigenvalue weighted by atomic mass is 10.3. The SMILES string of the molecule is Cc1c(C(=O)O)[nH]c(=O)n1-c1ccccc1. The van der Waals surface area contributed by atoms with Gasteiger partial charge < -0.3 is 5.11 Å². The van der Waals surface area contributed by atoms with Crippen LogP contribution in [0, 0.1) is 6.92 Å². The molecule has 0 saturated heterocycles. The summed E-state index contributed by atoms with van der Waals surface area (Å²) < 4.78 is 1.34. The number of benzene rings is 1. The van der Waals surface area contributed by atoms with E-state index < -0.39 is 11.7 Å². The first-order chi connectivity index (χ1) is 7.61. The van der Waals surface area contributed by atoms with Crippen LogP contribution < -0.4 is 5.69 Å². The van der Waals surface area contributed by atoms with Gasteiger partial charge >= 0.3 is 11.7 Å². The molecule has 0 unspecified atom stereocenters. The zero-order valence-electron chi connectivity index (χ0n) is 8.60. The van der Waals surface area contributed by atoms with Crippen molar-refractivity contribution in [3.63, 3.8) is 0 Å². The number of nitrogens with zero attached hydrogens (tertiary/aromatic N) is 1. The smallest absolute Gasteiger partial charge is 0.354 e. The molecule has 1 aromatic carbocycles. The molecular weight excluding hydrogens is 208 g/mol. The second-order valence-corrected chi connectivity index (χ2v) is 3.37. The first-order valence-electron chi connectivity index (χ1n) is 4.71. The number of carboxylic acids is 1. The highest BCUT2D eigenvalue weighted by atomic mass is 16.4. The van der Waals surface area contributed by atoms with Crippen LogP contribution in [0.2, 0.25) is 0 Å². The van der Waals surface area contributed by atoms with Crippen molar-refractivity contribution in [2.45, 2.75) is 6.92 Å². The van der Waals surface area contributed by atoms with Gasteiger partial charge in [0.25, 0.3) is 0 Å². The summed E-state index contributed by atoms with van der Waals surface area (Å²) in [5.74, 6) is -1.13. The number of aromatic nitrogens is 2. The molecule has 0 bridgehead atoms. The van der Waals surface area contributed by atoms with Gasteiger partial charge in [0.05, 0.1) is 11.4 Å². The molecule has 0 aliphatic rings. The molecule has 0 saturated carbocycles. The molecule has 0 spiro atoms. The van der Waals surface area contributed by atoms with Crippen molar-refractivity contribution < 1.29 is 9.90 Å². The Labute approximate surface area is 91.0 Å². The maximum atomic E-state index is 11.6. The number of aromatic amines is 1. The Morgan fingerprint density at radius 1 is 1.31 bits per heavy atom. The summed E-state index contributed by atoms with van der Waals surface area (Å²) >= 11 is 0. The van der Waals surface area contributed by atoms with Crippen LogP contribution in [-0.4, -0.2) is 20.6 Å². The van der Waals surface area contributed by atoms with E-state index in [2.05, 4.69) is 4.98 Å². The predicted molar refractivity (Wildman–Crippen MR) is 58.1 cm³/mol. The summed E-state index contributed by atoms with van der Waals surface area (Å²) in [6.07, 6.45) is 0. The average Bonchev–Trinajstić information content (AvgIpc) is 2.56. The lowest BCUT2D eigenvalue weighted by Gasteiger charge is -2.03.